The molecule has 5 nitrogen and oxygen atoms in total. The molecule has 3 aliphatic rings. The van der Waals surface area contributed by atoms with Crippen LogP contribution in [0.3, 0.4) is 0 Å². The van der Waals surface area contributed by atoms with Gasteiger partial charge < -0.3 is 14.4 Å². The Morgan fingerprint density at radius 1 is 1.30 bits per heavy atom. The summed E-state index contributed by atoms with van der Waals surface area (Å²) in [4.78, 5) is 20.7. The van der Waals surface area contributed by atoms with Crippen molar-refractivity contribution >= 4 is 28.6 Å². The van der Waals surface area contributed by atoms with Crippen LogP contribution in [0.1, 0.15) is 35.8 Å². The number of anilines is 1. The van der Waals surface area contributed by atoms with Gasteiger partial charge in [-0.25, -0.2) is 4.79 Å². The van der Waals surface area contributed by atoms with Gasteiger partial charge in [0.2, 0.25) is 0 Å². The maximum Gasteiger partial charge on any atom is 0.337 e. The van der Waals surface area contributed by atoms with Crippen LogP contribution >= 0.6 is 11.8 Å². The molecule has 0 radical (unpaired) electrons. The first-order chi connectivity index (χ1) is 13.0. The first-order valence-electron chi connectivity index (χ1n) is 9.00. The number of amidine groups is 1. The van der Waals surface area contributed by atoms with Crippen molar-refractivity contribution < 1.29 is 14.3 Å². The number of thioether (sulfide) groups is 1. The molecular weight excluding hydrogens is 360 g/mol. The van der Waals surface area contributed by atoms with Gasteiger partial charge in [-0.05, 0) is 55.9 Å². The highest BCUT2D eigenvalue weighted by molar-refractivity contribution is 8.14. The highest BCUT2D eigenvalue weighted by Crippen LogP contribution is 2.54. The van der Waals surface area contributed by atoms with Crippen molar-refractivity contribution in [1.29, 1.82) is 0 Å². The number of ether oxygens (including phenoxy) is 2. The lowest BCUT2D eigenvalue weighted by Gasteiger charge is -2.50. The van der Waals surface area contributed by atoms with Gasteiger partial charge >= 0.3 is 5.97 Å². The molecule has 0 saturated heterocycles. The van der Waals surface area contributed by atoms with E-state index in [1.165, 1.54) is 17.7 Å². The first-order valence-corrected chi connectivity index (χ1v) is 9.82. The number of esters is 1. The van der Waals surface area contributed by atoms with Crippen LogP contribution < -0.4 is 9.64 Å². The molecule has 3 aliphatic heterocycles. The van der Waals surface area contributed by atoms with Crippen LogP contribution in [0.15, 0.2) is 52.4 Å². The minimum atomic E-state index is -0.341. The number of aliphatic imine (C=N–C) groups is 1. The normalized spacial score (nSPS) is 24.0. The van der Waals surface area contributed by atoms with E-state index in [0.717, 1.165) is 16.5 Å². The molecule has 2 aromatic carbocycles. The largest absolute Gasteiger partial charge is 0.493 e. The number of carbonyl (C=O) groups excluding carboxylic acids is 1. The summed E-state index contributed by atoms with van der Waals surface area (Å²) in [6.07, 6.45) is 0. The predicted octanol–water partition coefficient (Wildman–Crippen LogP) is 4.28. The molecule has 0 amide bonds. The minimum absolute atomic E-state index is 0.0404. The molecule has 2 atom stereocenters. The average molecular weight is 380 g/mol. The second-order valence-corrected chi connectivity index (χ2v) is 8.59. The molecule has 0 bridgehead atoms. The van der Waals surface area contributed by atoms with Crippen LogP contribution in [-0.4, -0.2) is 30.4 Å². The van der Waals surface area contributed by atoms with E-state index >= 15 is 0 Å². The minimum Gasteiger partial charge on any atom is -0.493 e. The smallest absolute Gasteiger partial charge is 0.337 e. The Kier molecular flexibility index (Phi) is 3.56. The third-order valence-corrected chi connectivity index (χ3v) is 6.82. The summed E-state index contributed by atoms with van der Waals surface area (Å²) in [5, 5.41) is 1.01. The Labute approximate surface area is 162 Å². The van der Waals surface area contributed by atoms with E-state index in [9.17, 15) is 4.79 Å². The molecule has 0 N–H and O–H groups in total. The average Bonchev–Trinajstić information content (AvgIpc) is 3.06. The van der Waals surface area contributed by atoms with Crippen LogP contribution in [0.25, 0.3) is 0 Å². The maximum atomic E-state index is 12.0. The number of rotatable bonds is 1. The Balaban J connectivity index is 1.65. The SMILES string of the molecule is COC(=O)c1ccc2c(c1)[C@@H]1N=C3Sc4ccccc4N3C(C)(C)C1CO2. The third kappa shape index (κ3) is 2.32. The molecule has 6 heteroatoms. The number of hydrogen-bond acceptors (Lipinski definition) is 6. The zero-order valence-corrected chi connectivity index (χ0v) is 16.2. The molecule has 1 unspecified atom stereocenters. The van der Waals surface area contributed by atoms with Gasteiger partial charge in [-0.15, -0.1) is 0 Å². The number of methoxy groups -OCH3 is 1. The summed E-state index contributed by atoms with van der Waals surface area (Å²) < 4.78 is 11.0. The zero-order valence-electron chi connectivity index (χ0n) is 15.4. The summed E-state index contributed by atoms with van der Waals surface area (Å²) in [5.41, 5.74) is 2.54. The molecule has 0 aliphatic carbocycles. The van der Waals surface area contributed by atoms with E-state index in [0.29, 0.717) is 12.2 Å². The van der Waals surface area contributed by atoms with Crippen molar-refractivity contribution in [1.82, 2.24) is 0 Å². The Morgan fingerprint density at radius 3 is 2.93 bits per heavy atom. The van der Waals surface area contributed by atoms with Crippen molar-refractivity contribution in [3.05, 3.63) is 53.6 Å². The lowest BCUT2D eigenvalue weighted by molar-refractivity contribution is 0.0600. The van der Waals surface area contributed by atoms with Crippen LogP contribution in [0.4, 0.5) is 5.69 Å². The summed E-state index contributed by atoms with van der Waals surface area (Å²) in [7, 11) is 1.40. The summed E-state index contributed by atoms with van der Waals surface area (Å²) >= 11 is 1.71. The molecule has 27 heavy (non-hydrogen) atoms. The molecular formula is C21H20N2O3S. The van der Waals surface area contributed by atoms with E-state index in [2.05, 4.69) is 43.0 Å². The molecule has 0 saturated carbocycles. The van der Waals surface area contributed by atoms with Crippen molar-refractivity contribution in [2.45, 2.75) is 30.3 Å². The zero-order chi connectivity index (χ0) is 18.8. The number of fused-ring (bicyclic) bond motifs is 6. The number of carbonyl (C=O) groups is 1. The Hall–Kier alpha value is -2.47. The Bertz CT molecular complexity index is 985. The summed E-state index contributed by atoms with van der Waals surface area (Å²) in [6, 6.07) is 13.9. The highest BCUT2D eigenvalue weighted by Gasteiger charge is 2.51. The number of para-hydroxylation sites is 1. The fraction of sp³-hybridized carbons (Fsp3) is 0.333. The molecule has 0 aromatic heterocycles. The van der Waals surface area contributed by atoms with Gasteiger partial charge in [0.15, 0.2) is 5.17 Å². The molecule has 138 valence electrons. The second-order valence-electron chi connectivity index (χ2n) is 7.58. The summed E-state index contributed by atoms with van der Waals surface area (Å²) in [6.45, 7) is 5.10. The predicted molar refractivity (Wildman–Crippen MR) is 106 cm³/mol. The van der Waals surface area contributed by atoms with E-state index in [-0.39, 0.29) is 23.5 Å². The summed E-state index contributed by atoms with van der Waals surface area (Å²) in [5.74, 6) is 0.637. The topological polar surface area (TPSA) is 51.1 Å². The van der Waals surface area contributed by atoms with Crippen molar-refractivity contribution in [2.24, 2.45) is 10.9 Å². The van der Waals surface area contributed by atoms with Crippen LogP contribution in [0.2, 0.25) is 0 Å². The first kappa shape index (κ1) is 16.7. The van der Waals surface area contributed by atoms with Gasteiger partial charge in [0.05, 0.1) is 31.0 Å². The third-order valence-electron chi connectivity index (χ3n) is 5.78. The fourth-order valence-corrected chi connectivity index (χ4v) is 5.49. The maximum absolute atomic E-state index is 12.0. The monoisotopic (exact) mass is 380 g/mol. The van der Waals surface area contributed by atoms with Gasteiger partial charge in [0.1, 0.15) is 5.75 Å². The van der Waals surface area contributed by atoms with Crippen LogP contribution in [-0.2, 0) is 4.74 Å². The quantitative estimate of drug-likeness (QED) is 0.691. The number of hydrogen-bond donors (Lipinski definition) is 0. The fourth-order valence-electron chi connectivity index (χ4n) is 4.29. The van der Waals surface area contributed by atoms with Crippen molar-refractivity contribution in [2.75, 3.05) is 18.6 Å². The van der Waals surface area contributed by atoms with Gasteiger partial charge in [-0.1, -0.05) is 12.1 Å². The molecule has 0 spiro atoms. The van der Waals surface area contributed by atoms with Gasteiger partial charge in [-0.3, -0.25) is 4.99 Å². The highest BCUT2D eigenvalue weighted by atomic mass is 32.2. The number of nitrogens with zero attached hydrogens (tertiary/aromatic N) is 2. The molecule has 5 rings (SSSR count). The lowest BCUT2D eigenvalue weighted by Crippen LogP contribution is -2.57. The van der Waals surface area contributed by atoms with Crippen LogP contribution in [0, 0.1) is 5.92 Å². The van der Waals surface area contributed by atoms with E-state index in [1.807, 2.05) is 12.1 Å². The van der Waals surface area contributed by atoms with E-state index in [4.69, 9.17) is 14.5 Å². The lowest BCUT2D eigenvalue weighted by atomic mass is 9.75. The molecule has 0 fully saturated rings. The van der Waals surface area contributed by atoms with Crippen molar-refractivity contribution in [3.8, 4) is 5.75 Å². The van der Waals surface area contributed by atoms with E-state index < -0.39 is 0 Å². The second kappa shape index (κ2) is 5.76. The van der Waals surface area contributed by atoms with Gasteiger partial charge in [0.25, 0.3) is 0 Å². The van der Waals surface area contributed by atoms with Gasteiger partial charge in [-0.2, -0.15) is 0 Å². The Morgan fingerprint density at radius 2 is 2.11 bits per heavy atom. The van der Waals surface area contributed by atoms with Crippen molar-refractivity contribution in [3.63, 3.8) is 0 Å². The number of benzene rings is 2. The van der Waals surface area contributed by atoms with Crippen LogP contribution in [0.5, 0.6) is 5.75 Å². The van der Waals surface area contributed by atoms with E-state index in [1.54, 1.807) is 17.8 Å². The molecule has 2 aromatic rings. The standard InChI is InChI=1S/C21H20N2O3S/c1-21(2)14-11-26-16-9-8-12(19(24)25-3)10-13(16)18(14)22-20-23(21)15-6-4-5-7-17(15)27-20/h4-10,14,18H,11H2,1-3H3/t14?,18-/m0/s1. The molecule has 3 heterocycles. The van der Waals surface area contributed by atoms with Gasteiger partial charge in [0, 0.05) is 21.9 Å².